The van der Waals surface area contributed by atoms with Crippen LogP contribution in [0.5, 0.6) is 0 Å². The number of fused-ring (bicyclic) bond motifs is 1. The number of aryl methyl sites for hydroxylation is 2. The Morgan fingerprint density at radius 2 is 1.73 bits per heavy atom. The zero-order chi connectivity index (χ0) is 21.8. The van der Waals surface area contributed by atoms with Crippen LogP contribution in [-0.4, -0.2) is 48.0 Å². The average Bonchev–Trinajstić information content (AvgIpc) is 2.93. The predicted molar refractivity (Wildman–Crippen MR) is 114 cm³/mol. The molecule has 0 spiro atoms. The zero-order valence-corrected chi connectivity index (χ0v) is 17.8. The van der Waals surface area contributed by atoms with E-state index in [-0.39, 0.29) is 17.9 Å². The molecule has 3 rings (SSSR count). The normalized spacial score (nSPS) is 12.7. The second kappa shape index (κ2) is 9.13. The highest BCUT2D eigenvalue weighted by atomic mass is 32.2. The van der Waals surface area contributed by atoms with E-state index in [9.17, 15) is 19.2 Å². The number of imide groups is 1. The highest BCUT2D eigenvalue weighted by Gasteiger charge is 2.32. The number of rotatable bonds is 7. The van der Waals surface area contributed by atoms with Gasteiger partial charge in [-0.2, -0.15) is 0 Å². The first-order chi connectivity index (χ1) is 14.3. The Hall–Kier alpha value is -3.13. The van der Waals surface area contributed by atoms with Gasteiger partial charge in [-0.15, -0.1) is 11.8 Å². The molecule has 3 amide bonds. The fourth-order valence-electron chi connectivity index (χ4n) is 2.91. The van der Waals surface area contributed by atoms with Crippen molar-refractivity contribution in [3.05, 3.63) is 58.7 Å². The van der Waals surface area contributed by atoms with Crippen molar-refractivity contribution in [3.8, 4) is 0 Å². The first-order valence-electron chi connectivity index (χ1n) is 9.38. The van der Waals surface area contributed by atoms with Crippen LogP contribution in [0.2, 0.25) is 0 Å². The van der Waals surface area contributed by atoms with E-state index in [1.165, 1.54) is 36.4 Å². The fourth-order valence-corrected chi connectivity index (χ4v) is 3.84. The van der Waals surface area contributed by atoms with Crippen LogP contribution in [0.3, 0.4) is 0 Å². The van der Waals surface area contributed by atoms with Crippen LogP contribution in [0.25, 0.3) is 0 Å². The van der Waals surface area contributed by atoms with E-state index in [0.29, 0.717) is 17.0 Å². The third-order valence-corrected chi connectivity index (χ3v) is 5.79. The quantitative estimate of drug-likeness (QED) is 0.415. The van der Waals surface area contributed by atoms with E-state index in [1.807, 2.05) is 26.0 Å². The number of thioether (sulfide) groups is 1. The molecule has 1 aliphatic heterocycles. The predicted octanol–water partition coefficient (Wildman–Crippen LogP) is 3.19. The Labute approximate surface area is 178 Å². The van der Waals surface area contributed by atoms with Gasteiger partial charge in [0.2, 0.25) is 0 Å². The lowest BCUT2D eigenvalue weighted by atomic mass is 10.1. The number of esters is 1. The number of hydrogen-bond acceptors (Lipinski definition) is 6. The summed E-state index contributed by atoms with van der Waals surface area (Å²) in [4.78, 5) is 49.9. The molecule has 1 heterocycles. The van der Waals surface area contributed by atoms with Crippen molar-refractivity contribution < 1.29 is 23.9 Å². The van der Waals surface area contributed by atoms with Crippen LogP contribution in [0.1, 0.15) is 38.3 Å². The number of carbonyl (C=O) groups excluding carboxylic acids is 4. The Kier molecular flexibility index (Phi) is 6.56. The summed E-state index contributed by atoms with van der Waals surface area (Å²) in [5.74, 6) is -1.22. The molecule has 0 fully saturated rings. The van der Waals surface area contributed by atoms with E-state index in [1.54, 1.807) is 11.8 Å². The highest BCUT2D eigenvalue weighted by molar-refractivity contribution is 7.99. The van der Waals surface area contributed by atoms with Crippen molar-refractivity contribution in [1.82, 2.24) is 4.90 Å². The van der Waals surface area contributed by atoms with Crippen molar-refractivity contribution >= 4 is 41.1 Å². The fraction of sp³-hybridized carbons (Fsp3) is 0.273. The minimum Gasteiger partial charge on any atom is -0.456 e. The van der Waals surface area contributed by atoms with Gasteiger partial charge in [0.05, 0.1) is 17.5 Å². The summed E-state index contributed by atoms with van der Waals surface area (Å²) in [6.45, 7) is 3.67. The summed E-state index contributed by atoms with van der Waals surface area (Å²) in [5.41, 5.74) is 3.31. The van der Waals surface area contributed by atoms with Crippen LogP contribution in [0.15, 0.2) is 41.3 Å². The molecular formula is C22H22N2O5S. The second-order valence-electron chi connectivity index (χ2n) is 6.98. The van der Waals surface area contributed by atoms with Gasteiger partial charge in [-0.3, -0.25) is 24.1 Å². The number of nitrogens with zero attached hydrogens (tertiary/aromatic N) is 1. The van der Waals surface area contributed by atoms with Crippen LogP contribution >= 0.6 is 11.8 Å². The molecule has 1 N–H and O–H groups in total. The van der Waals surface area contributed by atoms with Crippen molar-refractivity contribution in [3.63, 3.8) is 0 Å². The first-order valence-corrected chi connectivity index (χ1v) is 10.4. The summed E-state index contributed by atoms with van der Waals surface area (Å²) in [6, 6.07) is 10.6. The van der Waals surface area contributed by atoms with E-state index < -0.39 is 24.4 Å². The lowest BCUT2D eigenvalue weighted by molar-refractivity contribution is -0.146. The molecule has 2 aromatic carbocycles. The maximum atomic E-state index is 12.0. The summed E-state index contributed by atoms with van der Waals surface area (Å²) in [5, 5.41) is 2.57. The summed E-state index contributed by atoms with van der Waals surface area (Å²) < 4.78 is 5.01. The lowest BCUT2D eigenvalue weighted by Gasteiger charge is -2.08. The largest absolute Gasteiger partial charge is 0.456 e. The number of ether oxygens (including phenoxy) is 1. The molecule has 0 aliphatic carbocycles. The molecule has 0 saturated heterocycles. The molecule has 0 radical (unpaired) electrons. The van der Waals surface area contributed by atoms with Crippen LogP contribution in [0.4, 0.5) is 5.69 Å². The Morgan fingerprint density at radius 1 is 1.00 bits per heavy atom. The molecule has 1 aliphatic rings. The van der Waals surface area contributed by atoms with Gasteiger partial charge < -0.3 is 10.1 Å². The number of hydrogen-bond donors (Lipinski definition) is 1. The van der Waals surface area contributed by atoms with Gasteiger partial charge in [0.1, 0.15) is 0 Å². The van der Waals surface area contributed by atoms with Gasteiger partial charge in [0.25, 0.3) is 17.7 Å². The molecule has 8 heteroatoms. The van der Waals surface area contributed by atoms with E-state index >= 15 is 0 Å². The molecule has 156 valence electrons. The molecule has 2 aromatic rings. The molecule has 0 saturated carbocycles. The Balaban J connectivity index is 1.43. The van der Waals surface area contributed by atoms with Crippen molar-refractivity contribution in [2.24, 2.45) is 0 Å². The molecule has 0 unspecified atom stereocenters. The topological polar surface area (TPSA) is 92.8 Å². The summed E-state index contributed by atoms with van der Waals surface area (Å²) >= 11 is 1.56. The van der Waals surface area contributed by atoms with Gasteiger partial charge in [-0.05, 0) is 55.3 Å². The minimum atomic E-state index is -0.518. The van der Waals surface area contributed by atoms with Gasteiger partial charge in [-0.25, -0.2) is 0 Å². The summed E-state index contributed by atoms with van der Waals surface area (Å²) in [6.07, 6.45) is 0.187. The van der Waals surface area contributed by atoms with Crippen LogP contribution in [0, 0.1) is 13.8 Å². The SMILES string of the molecule is Cc1ccc(SCCC(=O)OCC(=O)Nc2ccc3c(c2)C(=O)N(C)C3=O)cc1C. The third-order valence-electron chi connectivity index (χ3n) is 4.79. The number of carbonyl (C=O) groups is 4. The smallest absolute Gasteiger partial charge is 0.307 e. The molecule has 30 heavy (non-hydrogen) atoms. The number of amides is 3. The Morgan fingerprint density at radius 3 is 2.47 bits per heavy atom. The van der Waals surface area contributed by atoms with E-state index in [4.69, 9.17) is 4.74 Å². The van der Waals surface area contributed by atoms with Crippen LogP contribution < -0.4 is 5.32 Å². The third kappa shape index (κ3) is 4.88. The zero-order valence-electron chi connectivity index (χ0n) is 17.0. The number of anilines is 1. The van der Waals surface area contributed by atoms with Gasteiger partial charge in [0, 0.05) is 23.4 Å². The number of benzene rings is 2. The molecule has 7 nitrogen and oxygen atoms in total. The van der Waals surface area contributed by atoms with Gasteiger partial charge in [-0.1, -0.05) is 6.07 Å². The number of nitrogens with one attached hydrogen (secondary N) is 1. The highest BCUT2D eigenvalue weighted by Crippen LogP contribution is 2.25. The molecule has 0 aromatic heterocycles. The monoisotopic (exact) mass is 426 g/mol. The van der Waals surface area contributed by atoms with Crippen molar-refractivity contribution in [1.29, 1.82) is 0 Å². The van der Waals surface area contributed by atoms with Crippen LogP contribution in [-0.2, 0) is 14.3 Å². The molecule has 0 atom stereocenters. The van der Waals surface area contributed by atoms with Crippen molar-refractivity contribution in [2.75, 3.05) is 24.7 Å². The van der Waals surface area contributed by atoms with Gasteiger partial charge >= 0.3 is 5.97 Å². The van der Waals surface area contributed by atoms with Crippen molar-refractivity contribution in [2.45, 2.75) is 25.2 Å². The standard InChI is InChI=1S/C22H22N2O5S/c1-13-4-6-16(10-14(13)2)30-9-8-20(26)29-12-19(25)23-15-5-7-17-18(11-15)22(28)24(3)21(17)27/h4-7,10-11H,8-9,12H2,1-3H3,(H,23,25). The minimum absolute atomic E-state index is 0.187. The molecular weight excluding hydrogens is 404 g/mol. The van der Waals surface area contributed by atoms with E-state index in [0.717, 1.165) is 9.80 Å². The van der Waals surface area contributed by atoms with E-state index in [2.05, 4.69) is 11.4 Å². The average molecular weight is 426 g/mol. The lowest BCUT2D eigenvalue weighted by Crippen LogP contribution is -2.24. The van der Waals surface area contributed by atoms with Gasteiger partial charge in [0.15, 0.2) is 6.61 Å². The summed E-state index contributed by atoms with van der Waals surface area (Å²) in [7, 11) is 1.40. The molecule has 0 bridgehead atoms. The second-order valence-corrected chi connectivity index (χ2v) is 8.15. The maximum absolute atomic E-state index is 12.0. The maximum Gasteiger partial charge on any atom is 0.307 e. The Bertz CT molecular complexity index is 1030. The first kappa shape index (κ1) is 21.6.